The van der Waals surface area contributed by atoms with Gasteiger partial charge in [-0.25, -0.2) is 0 Å². The number of aromatic nitrogens is 1. The van der Waals surface area contributed by atoms with Gasteiger partial charge in [-0.1, -0.05) is 38.0 Å². The van der Waals surface area contributed by atoms with Gasteiger partial charge in [-0.15, -0.1) is 0 Å². The molecule has 0 radical (unpaired) electrons. The summed E-state index contributed by atoms with van der Waals surface area (Å²) in [5.74, 6) is 1.71. The molecule has 0 aliphatic heterocycles. The van der Waals surface area contributed by atoms with Gasteiger partial charge in [0.25, 0.3) is 0 Å². The van der Waals surface area contributed by atoms with E-state index >= 15 is 0 Å². The van der Waals surface area contributed by atoms with Gasteiger partial charge in [0.05, 0.1) is 6.61 Å². The summed E-state index contributed by atoms with van der Waals surface area (Å²) >= 11 is 0. The summed E-state index contributed by atoms with van der Waals surface area (Å²) < 4.78 is 7.77. The maximum atomic E-state index is 11.7. The molecule has 0 saturated carbocycles. The number of benzene rings is 1. The molecule has 1 aromatic carbocycles. The molecule has 0 fully saturated rings. The van der Waals surface area contributed by atoms with E-state index in [-0.39, 0.29) is 5.56 Å². The molecule has 1 heterocycles. The largest absolute Gasteiger partial charge is 0.493 e. The minimum atomic E-state index is 0.0498. The van der Waals surface area contributed by atoms with Crippen LogP contribution in [0.15, 0.2) is 52.4 Å². The molecule has 2 N–H and O–H groups in total. The lowest BCUT2D eigenvalue weighted by Gasteiger charge is -2.15. The molecule has 0 amide bonds. The number of ether oxygens (including phenoxy) is 1. The van der Waals surface area contributed by atoms with Crippen molar-refractivity contribution < 1.29 is 4.74 Å². The monoisotopic (exact) mass is 412 g/mol. The number of nitrogens with one attached hydrogen (secondary N) is 2. The van der Waals surface area contributed by atoms with Crippen LogP contribution in [0.25, 0.3) is 0 Å². The molecular formula is C24H36N4O2. The quantitative estimate of drug-likeness (QED) is 0.315. The number of hydrogen-bond acceptors (Lipinski definition) is 3. The van der Waals surface area contributed by atoms with Crippen LogP contribution in [0.1, 0.15) is 50.2 Å². The minimum absolute atomic E-state index is 0.0498. The van der Waals surface area contributed by atoms with Gasteiger partial charge < -0.3 is 19.9 Å². The first-order chi connectivity index (χ1) is 14.6. The predicted molar refractivity (Wildman–Crippen MR) is 124 cm³/mol. The van der Waals surface area contributed by atoms with Crippen molar-refractivity contribution in [2.45, 2.75) is 59.0 Å². The Bertz CT molecular complexity index is 845. The minimum Gasteiger partial charge on any atom is -0.493 e. The Kier molecular flexibility index (Phi) is 10.6. The molecule has 0 unspecified atom stereocenters. The molecule has 6 nitrogen and oxygen atoms in total. The number of aliphatic imine (C=N–C) groups is 1. The van der Waals surface area contributed by atoms with E-state index in [0.29, 0.717) is 6.54 Å². The molecule has 164 valence electrons. The number of rotatable bonds is 12. The van der Waals surface area contributed by atoms with E-state index in [9.17, 15) is 4.79 Å². The van der Waals surface area contributed by atoms with E-state index in [2.05, 4.69) is 47.7 Å². The second kappa shape index (κ2) is 13.5. The molecule has 30 heavy (non-hydrogen) atoms. The summed E-state index contributed by atoms with van der Waals surface area (Å²) in [6, 6.07) is 11.6. The van der Waals surface area contributed by atoms with Gasteiger partial charge in [0.2, 0.25) is 5.56 Å². The van der Waals surface area contributed by atoms with E-state index in [0.717, 1.165) is 56.2 Å². The van der Waals surface area contributed by atoms with Gasteiger partial charge in [0, 0.05) is 44.5 Å². The average molecular weight is 413 g/mol. The van der Waals surface area contributed by atoms with E-state index in [1.54, 1.807) is 23.7 Å². The van der Waals surface area contributed by atoms with Crippen molar-refractivity contribution in [2.24, 2.45) is 4.99 Å². The first kappa shape index (κ1) is 23.5. The fraction of sp³-hybridized carbons (Fsp3) is 0.500. The molecule has 0 aliphatic rings. The molecule has 0 aliphatic carbocycles. The van der Waals surface area contributed by atoms with Crippen LogP contribution in [-0.2, 0) is 13.1 Å². The highest BCUT2D eigenvalue weighted by atomic mass is 16.5. The van der Waals surface area contributed by atoms with Crippen molar-refractivity contribution in [3.05, 3.63) is 64.1 Å². The van der Waals surface area contributed by atoms with Crippen LogP contribution >= 0.6 is 0 Å². The molecule has 0 saturated heterocycles. The molecule has 2 aromatic rings. The molecule has 2 rings (SSSR count). The van der Waals surface area contributed by atoms with Crippen molar-refractivity contribution in [1.82, 2.24) is 15.2 Å². The predicted octanol–water partition coefficient (Wildman–Crippen LogP) is 3.87. The van der Waals surface area contributed by atoms with Crippen molar-refractivity contribution >= 4 is 5.96 Å². The van der Waals surface area contributed by atoms with Gasteiger partial charge in [-0.3, -0.25) is 9.79 Å². The second-order valence-corrected chi connectivity index (χ2v) is 7.46. The number of aryl methyl sites for hydroxylation is 2. The maximum Gasteiger partial charge on any atom is 0.250 e. The number of nitrogens with zero attached hydrogens (tertiary/aromatic N) is 2. The lowest BCUT2D eigenvalue weighted by Crippen LogP contribution is -2.37. The normalized spacial score (nSPS) is 11.4. The van der Waals surface area contributed by atoms with E-state index in [1.807, 2.05) is 12.3 Å². The second-order valence-electron chi connectivity index (χ2n) is 7.46. The van der Waals surface area contributed by atoms with Crippen molar-refractivity contribution in [2.75, 3.05) is 20.2 Å². The van der Waals surface area contributed by atoms with Gasteiger partial charge in [0.1, 0.15) is 5.75 Å². The number of unbranched alkanes of at least 4 members (excludes halogenated alkanes) is 3. The molecule has 0 spiro atoms. The highest BCUT2D eigenvalue weighted by Crippen LogP contribution is 2.20. The summed E-state index contributed by atoms with van der Waals surface area (Å²) in [6.07, 6.45) is 7.18. The van der Waals surface area contributed by atoms with Gasteiger partial charge in [-0.05, 0) is 43.9 Å². The van der Waals surface area contributed by atoms with E-state index in [1.165, 1.54) is 18.4 Å². The standard InChI is InChI=1S/C24H36N4O2/c1-4-5-10-17-30-22-18-20(2)12-13-21(22)19-27-24(25-3)26-14-7-9-16-28-15-8-6-11-23(28)29/h6,8,11-13,15,18H,4-5,7,9-10,14,16-17,19H2,1-3H3,(H2,25,26,27). The Labute approximate surface area is 180 Å². The van der Waals surface area contributed by atoms with Crippen molar-refractivity contribution in [3.8, 4) is 5.75 Å². The van der Waals surface area contributed by atoms with Crippen LogP contribution in [0.3, 0.4) is 0 Å². The zero-order valence-corrected chi connectivity index (χ0v) is 18.6. The molecule has 6 heteroatoms. The lowest BCUT2D eigenvalue weighted by molar-refractivity contribution is 0.303. The van der Waals surface area contributed by atoms with Crippen molar-refractivity contribution in [3.63, 3.8) is 0 Å². The molecule has 0 atom stereocenters. The van der Waals surface area contributed by atoms with Gasteiger partial charge in [-0.2, -0.15) is 0 Å². The SMILES string of the molecule is CCCCCOc1cc(C)ccc1CNC(=NC)NCCCCn1ccccc1=O. The zero-order valence-electron chi connectivity index (χ0n) is 18.6. The van der Waals surface area contributed by atoms with E-state index in [4.69, 9.17) is 4.74 Å². The summed E-state index contributed by atoms with van der Waals surface area (Å²) in [5.41, 5.74) is 2.38. The Morgan fingerprint density at radius 1 is 1.10 bits per heavy atom. The number of hydrogen-bond donors (Lipinski definition) is 2. The Hall–Kier alpha value is -2.76. The first-order valence-corrected chi connectivity index (χ1v) is 11.0. The fourth-order valence-electron chi connectivity index (χ4n) is 3.14. The summed E-state index contributed by atoms with van der Waals surface area (Å²) in [5, 5.41) is 6.71. The number of pyridine rings is 1. The summed E-state index contributed by atoms with van der Waals surface area (Å²) in [4.78, 5) is 16.0. The highest BCUT2D eigenvalue weighted by molar-refractivity contribution is 5.79. The average Bonchev–Trinajstić information content (AvgIpc) is 2.75. The van der Waals surface area contributed by atoms with Gasteiger partial charge >= 0.3 is 0 Å². The van der Waals surface area contributed by atoms with Crippen LogP contribution in [0.5, 0.6) is 5.75 Å². The van der Waals surface area contributed by atoms with Crippen LogP contribution in [0.2, 0.25) is 0 Å². The summed E-state index contributed by atoms with van der Waals surface area (Å²) in [6.45, 7) is 7.22. The third-order valence-electron chi connectivity index (χ3n) is 4.92. The van der Waals surface area contributed by atoms with Crippen LogP contribution in [0.4, 0.5) is 0 Å². The molecular weight excluding hydrogens is 376 g/mol. The highest BCUT2D eigenvalue weighted by Gasteiger charge is 2.06. The third-order valence-corrected chi connectivity index (χ3v) is 4.92. The Morgan fingerprint density at radius 3 is 2.73 bits per heavy atom. The Morgan fingerprint density at radius 2 is 1.97 bits per heavy atom. The van der Waals surface area contributed by atoms with Crippen molar-refractivity contribution in [1.29, 1.82) is 0 Å². The Balaban J connectivity index is 1.75. The molecule has 1 aromatic heterocycles. The van der Waals surface area contributed by atoms with Gasteiger partial charge in [0.15, 0.2) is 5.96 Å². The van der Waals surface area contributed by atoms with Crippen LogP contribution < -0.4 is 20.9 Å². The smallest absolute Gasteiger partial charge is 0.250 e. The third kappa shape index (κ3) is 8.31. The maximum absolute atomic E-state index is 11.7. The van der Waals surface area contributed by atoms with Crippen LogP contribution in [0, 0.1) is 6.92 Å². The van der Waals surface area contributed by atoms with E-state index < -0.39 is 0 Å². The first-order valence-electron chi connectivity index (χ1n) is 11.0. The molecule has 0 bridgehead atoms. The fourth-order valence-corrected chi connectivity index (χ4v) is 3.14. The van der Waals surface area contributed by atoms with Crippen LogP contribution in [-0.4, -0.2) is 30.7 Å². The number of guanidine groups is 1. The zero-order chi connectivity index (χ0) is 21.6. The topological polar surface area (TPSA) is 67.7 Å². The lowest BCUT2D eigenvalue weighted by atomic mass is 10.1. The summed E-state index contributed by atoms with van der Waals surface area (Å²) in [7, 11) is 1.77.